The summed E-state index contributed by atoms with van der Waals surface area (Å²) < 4.78 is 13.4. The molecule has 6 nitrogen and oxygen atoms in total. The standard InChI is InChI=1S/C27H29FN4O2/c1-27(2,20-9-11-21(28)12-10-20)26(34)32-17-3-4-23(32)24(29)18-5-7-19(8-6-18)25(33)31-22-13-15-30-16-14-22/h5-16,23-24H,3-4,17,29H2,1-2H3,(H,30,31,33)/t23-,24-/m1/s1. The molecule has 2 aromatic carbocycles. The van der Waals surface area contributed by atoms with Crippen molar-refractivity contribution in [2.75, 3.05) is 11.9 Å². The van der Waals surface area contributed by atoms with Crippen molar-refractivity contribution in [2.45, 2.75) is 44.2 Å². The number of aromatic nitrogens is 1. The highest BCUT2D eigenvalue weighted by atomic mass is 19.1. The molecule has 4 rings (SSSR count). The van der Waals surface area contributed by atoms with Gasteiger partial charge in [-0.05, 0) is 74.2 Å². The average molecular weight is 461 g/mol. The Kier molecular flexibility index (Phi) is 6.75. The lowest BCUT2D eigenvalue weighted by molar-refractivity contribution is -0.137. The summed E-state index contributed by atoms with van der Waals surface area (Å²) in [6.07, 6.45) is 4.90. The van der Waals surface area contributed by atoms with E-state index in [2.05, 4.69) is 10.3 Å². The number of carbonyl (C=O) groups excluding carboxylic acids is 2. The Balaban J connectivity index is 1.47. The molecule has 0 bridgehead atoms. The van der Waals surface area contributed by atoms with E-state index in [-0.39, 0.29) is 29.7 Å². The van der Waals surface area contributed by atoms with Gasteiger partial charge in [-0.15, -0.1) is 0 Å². The minimum Gasteiger partial charge on any atom is -0.337 e. The van der Waals surface area contributed by atoms with Gasteiger partial charge in [-0.1, -0.05) is 24.3 Å². The molecular formula is C27H29FN4O2. The predicted molar refractivity (Wildman–Crippen MR) is 130 cm³/mol. The first kappa shape index (κ1) is 23.6. The number of nitrogens with two attached hydrogens (primary N) is 1. The lowest BCUT2D eigenvalue weighted by Crippen LogP contribution is -2.49. The van der Waals surface area contributed by atoms with Gasteiger partial charge >= 0.3 is 0 Å². The van der Waals surface area contributed by atoms with Crippen LogP contribution in [0.2, 0.25) is 0 Å². The zero-order chi connectivity index (χ0) is 24.3. The Hall–Kier alpha value is -3.58. The molecular weight excluding hydrogens is 431 g/mol. The van der Waals surface area contributed by atoms with Crippen LogP contribution in [0.1, 0.15) is 54.2 Å². The molecule has 3 aromatic rings. The van der Waals surface area contributed by atoms with E-state index < -0.39 is 5.41 Å². The van der Waals surface area contributed by atoms with Gasteiger partial charge in [0, 0.05) is 30.2 Å². The van der Waals surface area contributed by atoms with E-state index in [1.807, 2.05) is 30.9 Å². The molecule has 1 fully saturated rings. The second-order valence-electron chi connectivity index (χ2n) is 9.18. The van der Waals surface area contributed by atoms with Crippen LogP contribution in [0.4, 0.5) is 10.1 Å². The van der Waals surface area contributed by atoms with Crippen molar-refractivity contribution in [3.8, 4) is 0 Å². The normalized spacial score (nSPS) is 16.8. The van der Waals surface area contributed by atoms with E-state index >= 15 is 0 Å². The van der Waals surface area contributed by atoms with Crippen molar-refractivity contribution in [3.05, 3.63) is 95.6 Å². The highest BCUT2D eigenvalue weighted by Gasteiger charge is 2.41. The van der Waals surface area contributed by atoms with Gasteiger partial charge in [0.1, 0.15) is 5.82 Å². The van der Waals surface area contributed by atoms with Crippen LogP contribution in [0.25, 0.3) is 0 Å². The van der Waals surface area contributed by atoms with Crippen molar-refractivity contribution in [2.24, 2.45) is 5.73 Å². The molecule has 0 aliphatic carbocycles. The molecule has 2 heterocycles. The summed E-state index contributed by atoms with van der Waals surface area (Å²) >= 11 is 0. The Morgan fingerprint density at radius 2 is 1.71 bits per heavy atom. The van der Waals surface area contributed by atoms with Crippen LogP contribution >= 0.6 is 0 Å². The quantitative estimate of drug-likeness (QED) is 0.569. The van der Waals surface area contributed by atoms with Crippen molar-refractivity contribution in [3.63, 3.8) is 0 Å². The molecule has 0 spiro atoms. The van der Waals surface area contributed by atoms with Gasteiger partial charge in [0.25, 0.3) is 5.91 Å². The number of nitrogens with zero attached hydrogens (tertiary/aromatic N) is 2. The first-order chi connectivity index (χ1) is 16.3. The molecule has 1 saturated heterocycles. The Morgan fingerprint density at radius 1 is 1.06 bits per heavy atom. The van der Waals surface area contributed by atoms with Gasteiger partial charge in [0.2, 0.25) is 5.91 Å². The molecule has 0 radical (unpaired) electrons. The lowest BCUT2D eigenvalue weighted by atomic mass is 9.82. The van der Waals surface area contributed by atoms with E-state index in [1.54, 1.807) is 48.8 Å². The molecule has 176 valence electrons. The molecule has 2 amide bonds. The monoisotopic (exact) mass is 460 g/mol. The van der Waals surface area contributed by atoms with E-state index in [1.165, 1.54) is 12.1 Å². The van der Waals surface area contributed by atoms with Crippen molar-refractivity contribution in [1.29, 1.82) is 0 Å². The third-order valence-corrected chi connectivity index (χ3v) is 6.57. The van der Waals surface area contributed by atoms with E-state index in [9.17, 15) is 14.0 Å². The minimum atomic E-state index is -0.801. The topological polar surface area (TPSA) is 88.3 Å². The Bertz CT molecular complexity index is 1150. The summed E-state index contributed by atoms with van der Waals surface area (Å²) in [5, 5.41) is 2.83. The molecule has 3 N–H and O–H groups in total. The van der Waals surface area contributed by atoms with Crippen molar-refractivity contribution in [1.82, 2.24) is 9.88 Å². The van der Waals surface area contributed by atoms with E-state index in [0.29, 0.717) is 17.8 Å². The first-order valence-electron chi connectivity index (χ1n) is 11.4. The zero-order valence-corrected chi connectivity index (χ0v) is 19.4. The van der Waals surface area contributed by atoms with Crippen molar-refractivity contribution >= 4 is 17.5 Å². The molecule has 0 unspecified atom stereocenters. The number of halogens is 1. The fourth-order valence-electron chi connectivity index (χ4n) is 4.48. The first-order valence-corrected chi connectivity index (χ1v) is 11.4. The fourth-order valence-corrected chi connectivity index (χ4v) is 4.48. The predicted octanol–water partition coefficient (Wildman–Crippen LogP) is 4.44. The third-order valence-electron chi connectivity index (χ3n) is 6.57. The van der Waals surface area contributed by atoms with Crippen LogP contribution in [-0.2, 0) is 10.2 Å². The van der Waals surface area contributed by atoms with E-state index in [0.717, 1.165) is 24.0 Å². The molecule has 1 aliphatic heterocycles. The molecule has 7 heteroatoms. The maximum atomic E-state index is 13.5. The van der Waals surface area contributed by atoms with E-state index in [4.69, 9.17) is 5.73 Å². The van der Waals surface area contributed by atoms with Crippen LogP contribution in [0.5, 0.6) is 0 Å². The van der Waals surface area contributed by atoms with Gasteiger partial charge in [-0.2, -0.15) is 0 Å². The van der Waals surface area contributed by atoms with Crippen LogP contribution in [0, 0.1) is 5.82 Å². The van der Waals surface area contributed by atoms with Gasteiger partial charge in [-0.3, -0.25) is 14.6 Å². The summed E-state index contributed by atoms with van der Waals surface area (Å²) in [5.74, 6) is -0.568. The number of amides is 2. The molecule has 0 saturated carbocycles. The van der Waals surface area contributed by atoms with Gasteiger partial charge in [0.15, 0.2) is 0 Å². The number of rotatable bonds is 6. The summed E-state index contributed by atoms with van der Waals surface area (Å²) in [6, 6.07) is 16.2. The minimum absolute atomic E-state index is 0.0228. The number of pyridine rings is 1. The smallest absolute Gasteiger partial charge is 0.255 e. The SMILES string of the molecule is CC(C)(C(=O)N1CCC[C@@H]1[C@H](N)c1ccc(C(=O)Nc2ccncc2)cc1)c1ccc(F)cc1. The maximum Gasteiger partial charge on any atom is 0.255 e. The van der Waals surface area contributed by atoms with Crippen LogP contribution in [0.3, 0.4) is 0 Å². The summed E-state index contributed by atoms with van der Waals surface area (Å²) in [4.78, 5) is 31.9. The average Bonchev–Trinajstić information content (AvgIpc) is 3.34. The van der Waals surface area contributed by atoms with Gasteiger partial charge in [0.05, 0.1) is 17.5 Å². The van der Waals surface area contributed by atoms with Crippen molar-refractivity contribution < 1.29 is 14.0 Å². The zero-order valence-electron chi connectivity index (χ0n) is 19.4. The molecule has 1 aliphatic rings. The number of hydrogen-bond acceptors (Lipinski definition) is 4. The highest BCUT2D eigenvalue weighted by Crippen LogP contribution is 2.34. The molecule has 1 aromatic heterocycles. The van der Waals surface area contributed by atoms with Crippen LogP contribution in [0.15, 0.2) is 73.1 Å². The number of likely N-dealkylation sites (tertiary alicyclic amines) is 1. The van der Waals surface area contributed by atoms with Gasteiger partial charge in [-0.25, -0.2) is 4.39 Å². The number of hydrogen-bond donors (Lipinski definition) is 2. The molecule has 2 atom stereocenters. The van der Waals surface area contributed by atoms with Crippen LogP contribution in [-0.4, -0.2) is 34.3 Å². The second kappa shape index (κ2) is 9.73. The molecule has 34 heavy (non-hydrogen) atoms. The lowest BCUT2D eigenvalue weighted by Gasteiger charge is -2.36. The number of anilines is 1. The van der Waals surface area contributed by atoms with Crippen LogP contribution < -0.4 is 11.1 Å². The maximum absolute atomic E-state index is 13.5. The number of carbonyl (C=O) groups is 2. The Labute approximate surface area is 199 Å². The third kappa shape index (κ3) is 4.84. The fraction of sp³-hybridized carbons (Fsp3) is 0.296. The summed E-state index contributed by atoms with van der Waals surface area (Å²) in [5.41, 5.74) is 8.65. The van der Waals surface area contributed by atoms with Gasteiger partial charge < -0.3 is 16.0 Å². The second-order valence-corrected chi connectivity index (χ2v) is 9.18. The largest absolute Gasteiger partial charge is 0.337 e. The number of benzene rings is 2. The highest BCUT2D eigenvalue weighted by molar-refractivity contribution is 6.04. The number of nitrogens with one attached hydrogen (secondary N) is 1. The summed E-state index contributed by atoms with van der Waals surface area (Å²) in [6.45, 7) is 4.35. The summed E-state index contributed by atoms with van der Waals surface area (Å²) in [7, 11) is 0. The Morgan fingerprint density at radius 3 is 2.35 bits per heavy atom.